The first-order valence-corrected chi connectivity index (χ1v) is 6.77. The first-order valence-electron chi connectivity index (χ1n) is 5.98. The molecular formula is C15H13BrN2O. The molecule has 1 aromatic heterocycles. The van der Waals surface area contributed by atoms with E-state index in [-0.39, 0.29) is 0 Å². The van der Waals surface area contributed by atoms with Gasteiger partial charge in [-0.1, -0.05) is 6.07 Å². The Bertz CT molecular complexity index is 777. The molecule has 0 aliphatic rings. The monoisotopic (exact) mass is 316 g/mol. The van der Waals surface area contributed by atoms with Crippen LogP contribution in [-0.4, -0.2) is 4.98 Å². The lowest BCUT2D eigenvalue weighted by molar-refractivity contribution is 0.617. The maximum Gasteiger partial charge on any atom is 0.227 e. The van der Waals surface area contributed by atoms with Crippen molar-refractivity contribution in [2.45, 2.75) is 13.8 Å². The molecule has 4 heteroatoms. The van der Waals surface area contributed by atoms with E-state index in [0.717, 1.165) is 38.0 Å². The second-order valence-corrected chi connectivity index (χ2v) is 5.49. The molecule has 3 rings (SSSR count). The molecule has 0 saturated carbocycles. The number of benzene rings is 2. The maximum atomic E-state index is 5.93. The average molecular weight is 317 g/mol. The number of hydrogen-bond acceptors (Lipinski definition) is 3. The maximum absolute atomic E-state index is 5.93. The third-order valence-corrected chi connectivity index (χ3v) is 3.78. The Hall–Kier alpha value is -1.81. The van der Waals surface area contributed by atoms with Crippen molar-refractivity contribution < 1.29 is 4.42 Å². The third-order valence-electron chi connectivity index (χ3n) is 3.20. The first kappa shape index (κ1) is 12.2. The molecule has 0 saturated heterocycles. The number of rotatable bonds is 1. The molecule has 1 heterocycles. The van der Waals surface area contributed by atoms with E-state index in [0.29, 0.717) is 5.89 Å². The van der Waals surface area contributed by atoms with Gasteiger partial charge in [0, 0.05) is 11.3 Å². The van der Waals surface area contributed by atoms with Gasteiger partial charge < -0.3 is 10.2 Å². The SMILES string of the molecule is Cc1cc(Br)c2oc(-c3cccc(N)c3C)nc2c1. The van der Waals surface area contributed by atoms with Crippen molar-refractivity contribution in [3.63, 3.8) is 0 Å². The van der Waals surface area contributed by atoms with Crippen molar-refractivity contribution >= 4 is 32.7 Å². The standard InChI is InChI=1S/C15H13BrN2O/c1-8-6-11(16)14-13(7-8)18-15(19-14)10-4-3-5-12(17)9(10)2/h3-7H,17H2,1-2H3. The molecular weight excluding hydrogens is 304 g/mol. The van der Waals surface area contributed by atoms with Gasteiger partial charge in [0.15, 0.2) is 5.58 Å². The summed E-state index contributed by atoms with van der Waals surface area (Å²) in [4.78, 5) is 4.55. The molecule has 0 unspecified atom stereocenters. The number of nitrogens with two attached hydrogens (primary N) is 1. The summed E-state index contributed by atoms with van der Waals surface area (Å²) >= 11 is 3.51. The zero-order valence-corrected chi connectivity index (χ0v) is 12.3. The number of aryl methyl sites for hydroxylation is 1. The summed E-state index contributed by atoms with van der Waals surface area (Å²) in [5, 5.41) is 0. The first-order chi connectivity index (χ1) is 9.06. The number of halogens is 1. The average Bonchev–Trinajstić information content (AvgIpc) is 2.76. The second-order valence-electron chi connectivity index (χ2n) is 4.63. The molecule has 0 radical (unpaired) electrons. The summed E-state index contributed by atoms with van der Waals surface area (Å²) in [5.74, 6) is 0.603. The summed E-state index contributed by atoms with van der Waals surface area (Å²) in [6.45, 7) is 4.00. The van der Waals surface area contributed by atoms with Gasteiger partial charge in [0.2, 0.25) is 5.89 Å². The quantitative estimate of drug-likeness (QED) is 0.674. The minimum absolute atomic E-state index is 0.603. The van der Waals surface area contributed by atoms with Gasteiger partial charge in [-0.05, 0) is 65.2 Å². The van der Waals surface area contributed by atoms with Gasteiger partial charge in [-0.15, -0.1) is 0 Å². The summed E-state index contributed by atoms with van der Waals surface area (Å²) < 4.78 is 6.78. The molecule has 2 N–H and O–H groups in total. The molecule has 0 amide bonds. The Morgan fingerprint density at radius 2 is 2.00 bits per heavy atom. The molecule has 0 aliphatic heterocycles. The summed E-state index contributed by atoms with van der Waals surface area (Å²) in [5.41, 5.74) is 11.4. The van der Waals surface area contributed by atoms with Gasteiger partial charge in [0.05, 0.1) is 4.47 Å². The van der Waals surface area contributed by atoms with Crippen LogP contribution in [0, 0.1) is 13.8 Å². The smallest absolute Gasteiger partial charge is 0.227 e. The van der Waals surface area contributed by atoms with E-state index in [1.807, 2.05) is 44.2 Å². The highest BCUT2D eigenvalue weighted by molar-refractivity contribution is 9.10. The minimum atomic E-state index is 0.603. The normalized spacial score (nSPS) is 11.1. The number of nitrogens with zero attached hydrogens (tertiary/aromatic N) is 1. The largest absolute Gasteiger partial charge is 0.435 e. The van der Waals surface area contributed by atoms with E-state index in [9.17, 15) is 0 Å². The van der Waals surface area contributed by atoms with E-state index in [2.05, 4.69) is 20.9 Å². The van der Waals surface area contributed by atoms with Crippen LogP contribution in [0.15, 0.2) is 39.2 Å². The lowest BCUT2D eigenvalue weighted by atomic mass is 10.1. The zero-order valence-electron chi connectivity index (χ0n) is 10.7. The Morgan fingerprint density at radius 1 is 1.21 bits per heavy atom. The lowest BCUT2D eigenvalue weighted by Gasteiger charge is -2.03. The van der Waals surface area contributed by atoms with Crippen LogP contribution in [0.25, 0.3) is 22.6 Å². The number of hydrogen-bond donors (Lipinski definition) is 1. The molecule has 2 aromatic carbocycles. The van der Waals surface area contributed by atoms with Gasteiger partial charge >= 0.3 is 0 Å². The number of oxazole rings is 1. The highest BCUT2D eigenvalue weighted by atomic mass is 79.9. The predicted molar refractivity (Wildman–Crippen MR) is 81.0 cm³/mol. The van der Waals surface area contributed by atoms with Crippen molar-refractivity contribution in [3.05, 3.63) is 45.9 Å². The van der Waals surface area contributed by atoms with Gasteiger partial charge in [-0.3, -0.25) is 0 Å². The van der Waals surface area contributed by atoms with Gasteiger partial charge in [-0.2, -0.15) is 0 Å². The number of nitrogen functional groups attached to an aromatic ring is 1. The van der Waals surface area contributed by atoms with Gasteiger partial charge in [-0.25, -0.2) is 4.98 Å². The molecule has 19 heavy (non-hydrogen) atoms. The van der Waals surface area contributed by atoms with Crippen LogP contribution in [0.5, 0.6) is 0 Å². The molecule has 0 bridgehead atoms. The number of anilines is 1. The minimum Gasteiger partial charge on any atom is -0.435 e. The van der Waals surface area contributed by atoms with Crippen LogP contribution in [0.1, 0.15) is 11.1 Å². The van der Waals surface area contributed by atoms with Crippen molar-refractivity contribution in [2.24, 2.45) is 0 Å². The molecule has 0 spiro atoms. The highest BCUT2D eigenvalue weighted by Crippen LogP contribution is 2.32. The molecule has 96 valence electrons. The van der Waals surface area contributed by atoms with Crippen molar-refractivity contribution in [1.29, 1.82) is 0 Å². The Morgan fingerprint density at radius 3 is 2.79 bits per heavy atom. The van der Waals surface area contributed by atoms with E-state index in [1.165, 1.54) is 0 Å². The van der Waals surface area contributed by atoms with E-state index in [4.69, 9.17) is 10.2 Å². The van der Waals surface area contributed by atoms with Crippen LogP contribution in [0.3, 0.4) is 0 Å². The molecule has 0 atom stereocenters. The Labute approximate surface area is 119 Å². The number of aromatic nitrogens is 1. The summed E-state index contributed by atoms with van der Waals surface area (Å²) in [6.07, 6.45) is 0. The van der Waals surface area contributed by atoms with Gasteiger partial charge in [0.25, 0.3) is 0 Å². The molecule has 3 aromatic rings. The van der Waals surface area contributed by atoms with Crippen molar-refractivity contribution in [2.75, 3.05) is 5.73 Å². The highest BCUT2D eigenvalue weighted by Gasteiger charge is 2.13. The summed E-state index contributed by atoms with van der Waals surface area (Å²) in [6, 6.07) is 9.78. The van der Waals surface area contributed by atoms with Crippen LogP contribution in [-0.2, 0) is 0 Å². The fourth-order valence-corrected chi connectivity index (χ4v) is 2.77. The van der Waals surface area contributed by atoms with Crippen LogP contribution in [0.2, 0.25) is 0 Å². The summed E-state index contributed by atoms with van der Waals surface area (Å²) in [7, 11) is 0. The van der Waals surface area contributed by atoms with Crippen molar-refractivity contribution in [3.8, 4) is 11.5 Å². The van der Waals surface area contributed by atoms with Crippen molar-refractivity contribution in [1.82, 2.24) is 4.98 Å². The van der Waals surface area contributed by atoms with E-state index >= 15 is 0 Å². The van der Waals surface area contributed by atoms with Gasteiger partial charge in [0.1, 0.15) is 5.52 Å². The number of fused-ring (bicyclic) bond motifs is 1. The second kappa shape index (κ2) is 4.38. The van der Waals surface area contributed by atoms with Crippen LogP contribution >= 0.6 is 15.9 Å². The van der Waals surface area contributed by atoms with E-state index < -0.39 is 0 Å². The molecule has 0 fully saturated rings. The fourth-order valence-electron chi connectivity index (χ4n) is 2.12. The molecule has 0 aliphatic carbocycles. The molecule has 3 nitrogen and oxygen atoms in total. The Balaban J connectivity index is 2.26. The van der Waals surface area contributed by atoms with E-state index in [1.54, 1.807) is 0 Å². The zero-order chi connectivity index (χ0) is 13.6. The lowest BCUT2D eigenvalue weighted by Crippen LogP contribution is -1.91. The fraction of sp³-hybridized carbons (Fsp3) is 0.133. The topological polar surface area (TPSA) is 52.0 Å². The third kappa shape index (κ3) is 2.02. The van der Waals surface area contributed by atoms with Crippen LogP contribution < -0.4 is 5.73 Å². The van der Waals surface area contributed by atoms with Crippen LogP contribution in [0.4, 0.5) is 5.69 Å². The Kier molecular flexibility index (Phi) is 2.82. The predicted octanol–water partition coefficient (Wildman–Crippen LogP) is 4.46.